The first-order chi connectivity index (χ1) is 9.63. The quantitative estimate of drug-likeness (QED) is 0.672. The molecule has 0 saturated heterocycles. The van der Waals surface area contributed by atoms with Crippen LogP contribution in [0.4, 0.5) is 0 Å². The summed E-state index contributed by atoms with van der Waals surface area (Å²) in [7, 11) is 1.35. The molecule has 1 aromatic carbocycles. The molecule has 20 heavy (non-hydrogen) atoms. The first-order valence-electron chi connectivity index (χ1n) is 6.46. The van der Waals surface area contributed by atoms with E-state index in [1.165, 1.54) is 7.11 Å². The van der Waals surface area contributed by atoms with Gasteiger partial charge in [0, 0.05) is 23.9 Å². The molecule has 0 aliphatic rings. The molecule has 5 nitrogen and oxygen atoms in total. The van der Waals surface area contributed by atoms with Gasteiger partial charge in [0.1, 0.15) is 5.58 Å². The predicted octanol–water partition coefficient (Wildman–Crippen LogP) is 2.42. The number of aryl methyl sites for hydroxylation is 1. The highest BCUT2D eigenvalue weighted by Crippen LogP contribution is 2.24. The largest absolute Gasteiger partial charge is 0.469 e. The van der Waals surface area contributed by atoms with E-state index in [-0.39, 0.29) is 18.3 Å². The third-order valence-corrected chi connectivity index (χ3v) is 3.12. The van der Waals surface area contributed by atoms with Crippen molar-refractivity contribution in [3.63, 3.8) is 0 Å². The van der Waals surface area contributed by atoms with Gasteiger partial charge in [-0.3, -0.25) is 9.59 Å². The Morgan fingerprint density at radius 2 is 2.05 bits per heavy atom. The highest BCUT2D eigenvalue weighted by atomic mass is 16.5. The lowest BCUT2D eigenvalue weighted by Crippen LogP contribution is -2.25. The van der Waals surface area contributed by atoms with Gasteiger partial charge in [-0.2, -0.15) is 0 Å². The van der Waals surface area contributed by atoms with Crippen LogP contribution >= 0.6 is 0 Å². The third-order valence-electron chi connectivity index (χ3n) is 3.12. The van der Waals surface area contributed by atoms with E-state index in [1.54, 1.807) is 0 Å². The molecule has 1 amide bonds. The average Bonchev–Trinajstić information content (AvgIpc) is 2.81. The van der Waals surface area contributed by atoms with Crippen LogP contribution in [0.1, 0.15) is 29.0 Å². The average molecular weight is 275 g/mol. The van der Waals surface area contributed by atoms with Gasteiger partial charge < -0.3 is 14.5 Å². The zero-order valence-corrected chi connectivity index (χ0v) is 11.6. The monoisotopic (exact) mass is 275 g/mol. The molecule has 0 atom stereocenters. The Labute approximate surface area is 116 Å². The standard InChI is InChI=1S/C15H17NO4/c1-10-11-6-3-4-7-12(11)20-14(10)15(18)16-9-5-8-13(17)19-2/h3-4,6-7H,5,8-9H2,1-2H3,(H,16,18). The minimum Gasteiger partial charge on any atom is -0.469 e. The van der Waals surface area contributed by atoms with Gasteiger partial charge in [0.25, 0.3) is 5.91 Å². The number of rotatable bonds is 5. The summed E-state index contributed by atoms with van der Waals surface area (Å²) in [4.78, 5) is 23.0. The molecule has 1 aromatic heterocycles. The Morgan fingerprint density at radius 3 is 2.75 bits per heavy atom. The molecular formula is C15H17NO4. The summed E-state index contributed by atoms with van der Waals surface area (Å²) >= 11 is 0. The zero-order valence-electron chi connectivity index (χ0n) is 11.6. The summed E-state index contributed by atoms with van der Waals surface area (Å²) in [5.41, 5.74) is 1.52. The smallest absolute Gasteiger partial charge is 0.305 e. The Kier molecular flexibility index (Phi) is 4.40. The van der Waals surface area contributed by atoms with Crippen LogP contribution in [0.5, 0.6) is 0 Å². The topological polar surface area (TPSA) is 68.5 Å². The minimum atomic E-state index is -0.279. The number of fused-ring (bicyclic) bond motifs is 1. The lowest BCUT2D eigenvalue weighted by molar-refractivity contribution is -0.140. The van der Waals surface area contributed by atoms with E-state index in [2.05, 4.69) is 10.1 Å². The lowest BCUT2D eigenvalue weighted by atomic mass is 10.1. The van der Waals surface area contributed by atoms with Crippen LogP contribution in [0.3, 0.4) is 0 Å². The second kappa shape index (κ2) is 6.23. The van der Waals surface area contributed by atoms with Crippen molar-refractivity contribution in [1.82, 2.24) is 5.32 Å². The summed E-state index contributed by atoms with van der Waals surface area (Å²) in [6, 6.07) is 7.52. The molecule has 1 heterocycles. The summed E-state index contributed by atoms with van der Waals surface area (Å²) in [6.45, 7) is 2.26. The van der Waals surface area contributed by atoms with E-state index < -0.39 is 0 Å². The van der Waals surface area contributed by atoms with Crippen LogP contribution < -0.4 is 5.32 Å². The fraction of sp³-hybridized carbons (Fsp3) is 0.333. The fourth-order valence-electron chi connectivity index (χ4n) is 2.01. The van der Waals surface area contributed by atoms with E-state index in [4.69, 9.17) is 4.42 Å². The van der Waals surface area contributed by atoms with Crippen LogP contribution in [-0.4, -0.2) is 25.5 Å². The number of hydrogen-bond donors (Lipinski definition) is 1. The number of carbonyl (C=O) groups excluding carboxylic acids is 2. The van der Waals surface area contributed by atoms with Gasteiger partial charge in [-0.15, -0.1) is 0 Å². The van der Waals surface area contributed by atoms with Crippen LogP contribution in [0.15, 0.2) is 28.7 Å². The van der Waals surface area contributed by atoms with E-state index in [9.17, 15) is 9.59 Å². The molecule has 5 heteroatoms. The fourth-order valence-corrected chi connectivity index (χ4v) is 2.01. The van der Waals surface area contributed by atoms with Crippen molar-refractivity contribution in [2.75, 3.05) is 13.7 Å². The first-order valence-corrected chi connectivity index (χ1v) is 6.46. The summed E-state index contributed by atoms with van der Waals surface area (Å²) in [5, 5.41) is 3.68. The molecule has 0 fully saturated rings. The predicted molar refractivity (Wildman–Crippen MR) is 74.5 cm³/mol. The molecule has 0 bridgehead atoms. The molecule has 0 unspecified atom stereocenters. The highest BCUT2D eigenvalue weighted by molar-refractivity contribution is 5.98. The molecule has 0 spiro atoms. The van der Waals surface area contributed by atoms with E-state index in [0.717, 1.165) is 10.9 Å². The number of furan rings is 1. The Balaban J connectivity index is 1.98. The molecule has 0 aliphatic carbocycles. The van der Waals surface area contributed by atoms with Crippen LogP contribution in [-0.2, 0) is 9.53 Å². The summed E-state index contributed by atoms with van der Waals surface area (Å²) in [6.07, 6.45) is 0.827. The maximum Gasteiger partial charge on any atom is 0.305 e. The van der Waals surface area contributed by atoms with Gasteiger partial charge in [0.05, 0.1) is 7.11 Å². The van der Waals surface area contributed by atoms with Crippen molar-refractivity contribution in [2.45, 2.75) is 19.8 Å². The number of carbonyl (C=O) groups is 2. The normalized spacial score (nSPS) is 10.5. The van der Waals surface area contributed by atoms with Crippen LogP contribution in [0.2, 0.25) is 0 Å². The Morgan fingerprint density at radius 1 is 1.30 bits per heavy atom. The number of para-hydroxylation sites is 1. The molecule has 0 saturated carbocycles. The van der Waals surface area contributed by atoms with E-state index >= 15 is 0 Å². The molecule has 1 N–H and O–H groups in total. The molecule has 2 aromatic rings. The van der Waals surface area contributed by atoms with Crippen molar-refractivity contribution in [2.24, 2.45) is 0 Å². The van der Waals surface area contributed by atoms with Gasteiger partial charge in [0.15, 0.2) is 5.76 Å². The van der Waals surface area contributed by atoms with Gasteiger partial charge in [-0.05, 0) is 19.4 Å². The lowest BCUT2D eigenvalue weighted by Gasteiger charge is -2.03. The maximum absolute atomic E-state index is 12.0. The van der Waals surface area contributed by atoms with Crippen molar-refractivity contribution in [3.05, 3.63) is 35.6 Å². The van der Waals surface area contributed by atoms with Crippen molar-refractivity contribution in [1.29, 1.82) is 0 Å². The van der Waals surface area contributed by atoms with Gasteiger partial charge in [-0.25, -0.2) is 0 Å². The molecule has 0 aliphatic heterocycles. The molecule has 2 rings (SSSR count). The number of hydrogen-bond acceptors (Lipinski definition) is 4. The number of ether oxygens (including phenoxy) is 1. The summed E-state index contributed by atoms with van der Waals surface area (Å²) in [5.74, 6) is -0.216. The number of benzene rings is 1. The number of esters is 1. The maximum atomic E-state index is 12.0. The summed E-state index contributed by atoms with van der Waals surface area (Å²) < 4.78 is 10.1. The van der Waals surface area contributed by atoms with Crippen molar-refractivity contribution < 1.29 is 18.7 Å². The van der Waals surface area contributed by atoms with Gasteiger partial charge in [-0.1, -0.05) is 18.2 Å². The minimum absolute atomic E-state index is 0.261. The van der Waals surface area contributed by atoms with E-state index in [0.29, 0.717) is 24.3 Å². The number of methoxy groups -OCH3 is 1. The second-order valence-corrected chi connectivity index (χ2v) is 4.49. The van der Waals surface area contributed by atoms with Crippen molar-refractivity contribution in [3.8, 4) is 0 Å². The Bertz CT molecular complexity index is 630. The third kappa shape index (κ3) is 2.99. The number of amides is 1. The molecular weight excluding hydrogens is 258 g/mol. The zero-order chi connectivity index (χ0) is 14.5. The van der Waals surface area contributed by atoms with Crippen LogP contribution in [0, 0.1) is 6.92 Å². The van der Waals surface area contributed by atoms with Crippen molar-refractivity contribution >= 4 is 22.8 Å². The first kappa shape index (κ1) is 14.1. The Hall–Kier alpha value is -2.30. The highest BCUT2D eigenvalue weighted by Gasteiger charge is 2.16. The van der Waals surface area contributed by atoms with Crippen LogP contribution in [0.25, 0.3) is 11.0 Å². The van der Waals surface area contributed by atoms with E-state index in [1.807, 2.05) is 31.2 Å². The van der Waals surface area contributed by atoms with Gasteiger partial charge >= 0.3 is 5.97 Å². The molecule has 0 radical (unpaired) electrons. The SMILES string of the molecule is COC(=O)CCCNC(=O)c1oc2ccccc2c1C. The van der Waals surface area contributed by atoms with Gasteiger partial charge in [0.2, 0.25) is 0 Å². The number of nitrogens with one attached hydrogen (secondary N) is 1. The second-order valence-electron chi connectivity index (χ2n) is 4.49. The molecule has 106 valence electrons.